The Balaban J connectivity index is 2.27. The third-order valence-electron chi connectivity index (χ3n) is 2.11. The number of amides is 2. The van der Waals surface area contributed by atoms with Crippen molar-refractivity contribution in [3.05, 3.63) is 35.6 Å². The molecule has 0 atom stereocenters. The van der Waals surface area contributed by atoms with Gasteiger partial charge in [0.05, 0.1) is 6.61 Å². The van der Waals surface area contributed by atoms with Crippen LogP contribution in [-0.2, 0) is 16.0 Å². The van der Waals surface area contributed by atoms with E-state index < -0.39 is 6.09 Å². The Morgan fingerprint density at radius 2 is 2.11 bits per heavy atom. The van der Waals surface area contributed by atoms with E-state index in [9.17, 15) is 14.0 Å². The number of aryl methyl sites for hydroxylation is 1. The number of hydrazine groups is 1. The van der Waals surface area contributed by atoms with Crippen molar-refractivity contribution in [1.82, 2.24) is 10.9 Å². The Bertz CT molecular complexity index is 424. The molecule has 0 saturated carbocycles. The molecular weight excluding hydrogens is 239 g/mol. The van der Waals surface area contributed by atoms with Crippen molar-refractivity contribution in [1.29, 1.82) is 0 Å². The maximum atomic E-state index is 12.9. The fourth-order valence-electron chi connectivity index (χ4n) is 1.30. The van der Waals surface area contributed by atoms with Crippen LogP contribution in [0.5, 0.6) is 0 Å². The number of carbonyl (C=O) groups excluding carboxylic acids is 2. The molecule has 0 fully saturated rings. The van der Waals surface area contributed by atoms with E-state index in [2.05, 4.69) is 15.6 Å². The van der Waals surface area contributed by atoms with Crippen LogP contribution in [0.3, 0.4) is 0 Å². The predicted octanol–water partition coefficient (Wildman–Crippen LogP) is 1.54. The molecule has 0 saturated heterocycles. The van der Waals surface area contributed by atoms with E-state index in [-0.39, 0.29) is 24.8 Å². The lowest BCUT2D eigenvalue weighted by molar-refractivity contribution is -0.121. The van der Waals surface area contributed by atoms with Gasteiger partial charge in [-0.05, 0) is 31.0 Å². The molecule has 0 aliphatic carbocycles. The molecule has 1 aromatic carbocycles. The summed E-state index contributed by atoms with van der Waals surface area (Å²) in [6, 6.07) is 6.02. The van der Waals surface area contributed by atoms with Gasteiger partial charge >= 0.3 is 6.09 Å². The lowest BCUT2D eigenvalue weighted by atomic mass is 10.1. The van der Waals surface area contributed by atoms with Gasteiger partial charge in [0.25, 0.3) is 0 Å². The second-order valence-corrected chi connectivity index (χ2v) is 3.52. The summed E-state index contributed by atoms with van der Waals surface area (Å²) in [6.07, 6.45) is -0.166. The molecule has 2 amide bonds. The summed E-state index contributed by atoms with van der Waals surface area (Å²) in [4.78, 5) is 22.2. The van der Waals surface area contributed by atoms with Crippen molar-refractivity contribution in [2.45, 2.75) is 19.8 Å². The molecule has 0 spiro atoms. The highest BCUT2D eigenvalue weighted by Gasteiger charge is 2.05. The van der Waals surface area contributed by atoms with Gasteiger partial charge in [0.15, 0.2) is 0 Å². The van der Waals surface area contributed by atoms with Crippen molar-refractivity contribution < 1.29 is 18.7 Å². The van der Waals surface area contributed by atoms with Crippen LogP contribution in [0.2, 0.25) is 0 Å². The van der Waals surface area contributed by atoms with E-state index in [0.717, 1.165) is 5.56 Å². The van der Waals surface area contributed by atoms with Gasteiger partial charge in [-0.3, -0.25) is 10.2 Å². The number of hydrogen-bond acceptors (Lipinski definition) is 3. The average Bonchev–Trinajstić information content (AvgIpc) is 2.34. The zero-order valence-corrected chi connectivity index (χ0v) is 10.0. The van der Waals surface area contributed by atoms with Gasteiger partial charge in [0, 0.05) is 6.42 Å². The molecule has 98 valence electrons. The summed E-state index contributed by atoms with van der Waals surface area (Å²) in [6.45, 7) is 1.89. The predicted molar refractivity (Wildman–Crippen MR) is 63.0 cm³/mol. The SMILES string of the molecule is CCOC(=O)NNC(=O)CCc1cccc(F)c1. The van der Waals surface area contributed by atoms with Crippen molar-refractivity contribution in [3.63, 3.8) is 0 Å². The van der Waals surface area contributed by atoms with Crippen LogP contribution in [0.1, 0.15) is 18.9 Å². The zero-order valence-electron chi connectivity index (χ0n) is 10.0. The molecule has 18 heavy (non-hydrogen) atoms. The molecule has 0 unspecified atom stereocenters. The summed E-state index contributed by atoms with van der Waals surface area (Å²) in [5.41, 5.74) is 5.01. The van der Waals surface area contributed by atoms with Gasteiger partial charge in [-0.25, -0.2) is 14.6 Å². The summed E-state index contributed by atoms with van der Waals surface area (Å²) >= 11 is 0. The van der Waals surface area contributed by atoms with Crippen LogP contribution in [0.15, 0.2) is 24.3 Å². The Kier molecular flexibility index (Phi) is 5.63. The second kappa shape index (κ2) is 7.26. The summed E-state index contributed by atoms with van der Waals surface area (Å²) < 4.78 is 17.4. The van der Waals surface area contributed by atoms with Crippen LogP contribution in [0, 0.1) is 5.82 Å². The fraction of sp³-hybridized carbons (Fsp3) is 0.333. The summed E-state index contributed by atoms with van der Waals surface area (Å²) in [5.74, 6) is -0.704. The van der Waals surface area contributed by atoms with E-state index in [4.69, 9.17) is 0 Å². The van der Waals surface area contributed by atoms with Gasteiger partial charge in [0.2, 0.25) is 5.91 Å². The third kappa shape index (κ3) is 5.29. The van der Waals surface area contributed by atoms with Crippen LogP contribution in [-0.4, -0.2) is 18.6 Å². The minimum Gasteiger partial charge on any atom is -0.449 e. The normalized spacial score (nSPS) is 9.67. The average molecular weight is 254 g/mol. The number of benzene rings is 1. The Morgan fingerprint density at radius 3 is 2.78 bits per heavy atom. The maximum absolute atomic E-state index is 12.9. The molecule has 5 nitrogen and oxygen atoms in total. The summed E-state index contributed by atoms with van der Waals surface area (Å²) in [5, 5.41) is 0. The van der Waals surface area contributed by atoms with E-state index in [1.807, 2.05) is 0 Å². The molecule has 0 heterocycles. The molecule has 0 aromatic heterocycles. The number of ether oxygens (including phenoxy) is 1. The Morgan fingerprint density at radius 1 is 1.33 bits per heavy atom. The van der Waals surface area contributed by atoms with E-state index in [1.165, 1.54) is 12.1 Å². The lowest BCUT2D eigenvalue weighted by Crippen LogP contribution is -2.42. The van der Waals surface area contributed by atoms with Gasteiger partial charge in [-0.15, -0.1) is 0 Å². The van der Waals surface area contributed by atoms with Crippen LogP contribution in [0.4, 0.5) is 9.18 Å². The molecular formula is C12H15FN2O3. The first-order chi connectivity index (χ1) is 8.61. The van der Waals surface area contributed by atoms with E-state index in [1.54, 1.807) is 19.1 Å². The second-order valence-electron chi connectivity index (χ2n) is 3.52. The smallest absolute Gasteiger partial charge is 0.426 e. The Hall–Kier alpha value is -2.11. The lowest BCUT2D eigenvalue weighted by Gasteiger charge is -2.07. The van der Waals surface area contributed by atoms with Crippen molar-refractivity contribution in [2.75, 3.05) is 6.61 Å². The molecule has 2 N–H and O–H groups in total. The largest absolute Gasteiger partial charge is 0.449 e. The highest BCUT2D eigenvalue weighted by Crippen LogP contribution is 2.05. The highest BCUT2D eigenvalue weighted by molar-refractivity contribution is 5.79. The van der Waals surface area contributed by atoms with Gasteiger partial charge < -0.3 is 4.74 Å². The van der Waals surface area contributed by atoms with Crippen LogP contribution < -0.4 is 10.9 Å². The maximum Gasteiger partial charge on any atom is 0.426 e. The number of nitrogens with one attached hydrogen (secondary N) is 2. The number of halogens is 1. The topological polar surface area (TPSA) is 67.4 Å². The highest BCUT2D eigenvalue weighted by atomic mass is 19.1. The minimum atomic E-state index is -0.711. The van der Waals surface area contributed by atoms with E-state index >= 15 is 0 Å². The summed E-state index contributed by atoms with van der Waals surface area (Å²) in [7, 11) is 0. The molecule has 1 aromatic rings. The van der Waals surface area contributed by atoms with Crippen molar-refractivity contribution in [2.24, 2.45) is 0 Å². The molecule has 6 heteroatoms. The number of rotatable bonds is 4. The molecule has 0 aliphatic heterocycles. The first kappa shape index (κ1) is 14.0. The van der Waals surface area contributed by atoms with Gasteiger partial charge in [-0.1, -0.05) is 12.1 Å². The quantitative estimate of drug-likeness (QED) is 0.801. The van der Waals surface area contributed by atoms with Crippen LogP contribution >= 0.6 is 0 Å². The molecule has 0 aliphatic rings. The Labute approximate surface area is 104 Å². The first-order valence-corrected chi connectivity index (χ1v) is 5.58. The number of carbonyl (C=O) groups is 2. The fourth-order valence-corrected chi connectivity index (χ4v) is 1.30. The molecule has 0 bridgehead atoms. The molecule has 0 radical (unpaired) electrons. The third-order valence-corrected chi connectivity index (χ3v) is 2.11. The van der Waals surface area contributed by atoms with Gasteiger partial charge in [-0.2, -0.15) is 0 Å². The first-order valence-electron chi connectivity index (χ1n) is 5.58. The molecule has 1 rings (SSSR count). The van der Waals surface area contributed by atoms with Gasteiger partial charge in [0.1, 0.15) is 5.82 Å². The number of hydrogen-bond donors (Lipinski definition) is 2. The minimum absolute atomic E-state index is 0.149. The van der Waals surface area contributed by atoms with Crippen molar-refractivity contribution in [3.8, 4) is 0 Å². The monoisotopic (exact) mass is 254 g/mol. The zero-order chi connectivity index (χ0) is 13.4. The standard InChI is InChI=1S/C12H15FN2O3/c1-2-18-12(17)15-14-11(16)7-6-9-4-3-5-10(13)8-9/h3-5,8H,2,6-7H2,1H3,(H,14,16)(H,15,17). The van der Waals surface area contributed by atoms with E-state index in [0.29, 0.717) is 6.42 Å². The van der Waals surface area contributed by atoms with Crippen LogP contribution in [0.25, 0.3) is 0 Å². The van der Waals surface area contributed by atoms with Crippen molar-refractivity contribution >= 4 is 12.0 Å².